The smallest absolute Gasteiger partial charge is 0.168 e. The maximum atomic E-state index is 5.75. The Labute approximate surface area is 92.3 Å². The van der Waals surface area contributed by atoms with Crippen molar-refractivity contribution in [2.75, 3.05) is 11.5 Å². The van der Waals surface area contributed by atoms with Gasteiger partial charge in [-0.05, 0) is 12.1 Å². The van der Waals surface area contributed by atoms with Crippen LogP contribution in [0.4, 0.5) is 5.69 Å². The molecule has 0 aliphatic carbocycles. The van der Waals surface area contributed by atoms with Crippen LogP contribution in [0.2, 0.25) is 0 Å². The first-order valence-electron chi connectivity index (χ1n) is 4.89. The highest BCUT2D eigenvalue weighted by Gasteiger charge is 2.14. The highest BCUT2D eigenvalue weighted by Crippen LogP contribution is 2.29. The van der Waals surface area contributed by atoms with Crippen LogP contribution in [-0.2, 0) is 6.54 Å². The van der Waals surface area contributed by atoms with Gasteiger partial charge in [0.15, 0.2) is 5.16 Å². The number of imidazole rings is 1. The highest BCUT2D eigenvalue weighted by atomic mass is 32.2. The van der Waals surface area contributed by atoms with Crippen LogP contribution < -0.4 is 5.73 Å². The number of benzene rings is 1. The molecule has 0 spiro atoms. The Hall–Kier alpha value is -1.42. The average molecular weight is 217 g/mol. The van der Waals surface area contributed by atoms with Crippen molar-refractivity contribution in [2.45, 2.75) is 11.7 Å². The van der Waals surface area contributed by atoms with Crippen molar-refractivity contribution in [1.82, 2.24) is 9.55 Å². The molecular formula is C11H11N3S. The fourth-order valence-electron chi connectivity index (χ4n) is 1.75. The maximum Gasteiger partial charge on any atom is 0.168 e. The Balaban J connectivity index is 2.06. The van der Waals surface area contributed by atoms with Gasteiger partial charge in [-0.3, -0.25) is 0 Å². The minimum Gasteiger partial charge on any atom is -0.399 e. The van der Waals surface area contributed by atoms with Crippen molar-refractivity contribution in [3.8, 4) is 11.3 Å². The lowest BCUT2D eigenvalue weighted by atomic mass is 10.1. The Kier molecular flexibility index (Phi) is 1.95. The molecule has 0 saturated heterocycles. The lowest BCUT2D eigenvalue weighted by Gasteiger charge is -1.98. The summed E-state index contributed by atoms with van der Waals surface area (Å²) in [6.07, 6.45) is 2.10. The zero-order valence-corrected chi connectivity index (χ0v) is 9.00. The quantitative estimate of drug-likeness (QED) is 0.745. The van der Waals surface area contributed by atoms with Gasteiger partial charge in [-0.15, -0.1) is 0 Å². The van der Waals surface area contributed by atoms with Crippen molar-refractivity contribution in [1.29, 1.82) is 0 Å². The second kappa shape index (κ2) is 3.31. The van der Waals surface area contributed by atoms with E-state index in [-0.39, 0.29) is 0 Å². The summed E-state index contributed by atoms with van der Waals surface area (Å²) in [7, 11) is 0. The topological polar surface area (TPSA) is 43.8 Å². The van der Waals surface area contributed by atoms with E-state index < -0.39 is 0 Å². The number of anilines is 1. The van der Waals surface area contributed by atoms with E-state index in [9.17, 15) is 0 Å². The number of hydrogen-bond donors (Lipinski definition) is 1. The van der Waals surface area contributed by atoms with Gasteiger partial charge in [-0.2, -0.15) is 0 Å². The van der Waals surface area contributed by atoms with Crippen LogP contribution in [0.1, 0.15) is 0 Å². The lowest BCUT2D eigenvalue weighted by molar-refractivity contribution is 0.719. The second-order valence-corrected chi connectivity index (χ2v) is 4.64. The Morgan fingerprint density at radius 1 is 1.40 bits per heavy atom. The number of hydrogen-bond acceptors (Lipinski definition) is 3. The van der Waals surface area contributed by atoms with Gasteiger partial charge in [-0.25, -0.2) is 4.98 Å². The molecule has 76 valence electrons. The molecule has 0 atom stereocenters. The van der Waals surface area contributed by atoms with E-state index in [0.29, 0.717) is 0 Å². The molecule has 3 rings (SSSR count). The largest absolute Gasteiger partial charge is 0.399 e. The van der Waals surface area contributed by atoms with Crippen molar-refractivity contribution in [3.63, 3.8) is 0 Å². The first-order valence-corrected chi connectivity index (χ1v) is 5.87. The molecule has 0 amide bonds. The Morgan fingerprint density at radius 2 is 2.33 bits per heavy atom. The van der Waals surface area contributed by atoms with E-state index in [2.05, 4.69) is 15.7 Å². The fraction of sp³-hybridized carbons (Fsp3) is 0.182. The van der Waals surface area contributed by atoms with Crippen LogP contribution in [-0.4, -0.2) is 15.3 Å². The molecule has 0 bridgehead atoms. The first-order chi connectivity index (χ1) is 7.33. The van der Waals surface area contributed by atoms with Gasteiger partial charge in [0.1, 0.15) is 0 Å². The van der Waals surface area contributed by atoms with Gasteiger partial charge >= 0.3 is 0 Å². The average Bonchev–Trinajstić information content (AvgIpc) is 2.76. The highest BCUT2D eigenvalue weighted by molar-refractivity contribution is 7.99. The number of nitrogens with zero attached hydrogens (tertiary/aromatic N) is 2. The minimum absolute atomic E-state index is 0.785. The number of thioether (sulfide) groups is 1. The molecule has 1 aliphatic heterocycles. The van der Waals surface area contributed by atoms with E-state index >= 15 is 0 Å². The minimum atomic E-state index is 0.785. The van der Waals surface area contributed by atoms with E-state index in [1.165, 1.54) is 0 Å². The molecule has 2 N–H and O–H groups in total. The third-order valence-corrected chi connectivity index (χ3v) is 3.46. The summed E-state index contributed by atoms with van der Waals surface area (Å²) < 4.78 is 2.20. The summed E-state index contributed by atoms with van der Waals surface area (Å²) in [6.45, 7) is 1.06. The van der Waals surface area contributed by atoms with Crippen LogP contribution in [0.3, 0.4) is 0 Å². The number of aromatic nitrogens is 2. The number of aryl methyl sites for hydroxylation is 1. The summed E-state index contributed by atoms with van der Waals surface area (Å²) in [6, 6.07) is 7.85. The predicted octanol–water partition coefficient (Wildman–Crippen LogP) is 2.24. The molecule has 2 heterocycles. The third kappa shape index (κ3) is 1.51. The van der Waals surface area contributed by atoms with Crippen LogP contribution in [0.25, 0.3) is 11.3 Å². The summed E-state index contributed by atoms with van der Waals surface area (Å²) in [5.74, 6) is 1.14. The first kappa shape index (κ1) is 8.85. The second-order valence-electron chi connectivity index (χ2n) is 3.58. The van der Waals surface area contributed by atoms with Crippen LogP contribution in [0.15, 0.2) is 35.6 Å². The maximum absolute atomic E-state index is 5.75. The summed E-state index contributed by atoms with van der Waals surface area (Å²) in [4.78, 5) is 4.57. The van der Waals surface area contributed by atoms with Crippen molar-refractivity contribution < 1.29 is 0 Å². The van der Waals surface area contributed by atoms with E-state index in [1.807, 2.05) is 36.0 Å². The molecule has 0 saturated carbocycles. The molecule has 1 aliphatic rings. The van der Waals surface area contributed by atoms with Gasteiger partial charge in [0.05, 0.1) is 5.69 Å². The van der Waals surface area contributed by atoms with E-state index in [1.54, 1.807) is 0 Å². The monoisotopic (exact) mass is 217 g/mol. The summed E-state index contributed by atoms with van der Waals surface area (Å²) >= 11 is 1.81. The molecular weight excluding hydrogens is 206 g/mol. The lowest BCUT2D eigenvalue weighted by Crippen LogP contribution is -1.89. The van der Waals surface area contributed by atoms with Gasteiger partial charge in [0.25, 0.3) is 0 Å². The Bertz CT molecular complexity index is 483. The normalized spacial score (nSPS) is 14.1. The van der Waals surface area contributed by atoms with Crippen LogP contribution >= 0.6 is 11.8 Å². The molecule has 2 aromatic rings. The van der Waals surface area contributed by atoms with Gasteiger partial charge in [-0.1, -0.05) is 23.9 Å². The number of nitrogens with two attached hydrogens (primary N) is 1. The molecule has 0 unspecified atom stereocenters. The summed E-state index contributed by atoms with van der Waals surface area (Å²) in [5, 5.41) is 1.12. The van der Waals surface area contributed by atoms with Crippen molar-refractivity contribution in [2.24, 2.45) is 0 Å². The molecule has 15 heavy (non-hydrogen) atoms. The Morgan fingerprint density at radius 3 is 3.13 bits per heavy atom. The van der Waals surface area contributed by atoms with E-state index in [0.717, 1.165) is 34.4 Å². The SMILES string of the molecule is Nc1cccc(-c2cn3c(n2)SCC3)c1. The van der Waals surface area contributed by atoms with Crippen LogP contribution in [0.5, 0.6) is 0 Å². The number of nitrogen functional groups attached to an aromatic ring is 1. The number of rotatable bonds is 1. The van der Waals surface area contributed by atoms with Gasteiger partial charge in [0.2, 0.25) is 0 Å². The number of fused-ring (bicyclic) bond motifs is 1. The standard InChI is InChI=1S/C11H11N3S/c12-9-3-1-2-8(6-9)10-7-14-4-5-15-11(14)13-10/h1-3,6-7H,4-5,12H2. The predicted molar refractivity (Wildman–Crippen MR) is 62.8 cm³/mol. The molecule has 0 radical (unpaired) electrons. The molecule has 3 nitrogen and oxygen atoms in total. The van der Waals surface area contributed by atoms with E-state index in [4.69, 9.17) is 5.73 Å². The zero-order chi connectivity index (χ0) is 10.3. The zero-order valence-electron chi connectivity index (χ0n) is 8.18. The van der Waals surface area contributed by atoms with Crippen molar-refractivity contribution >= 4 is 17.4 Å². The van der Waals surface area contributed by atoms with Crippen molar-refractivity contribution in [3.05, 3.63) is 30.5 Å². The molecule has 4 heteroatoms. The summed E-state index contributed by atoms with van der Waals surface area (Å²) in [5.41, 5.74) is 8.65. The van der Waals surface area contributed by atoms with Gasteiger partial charge in [0, 0.05) is 29.7 Å². The molecule has 1 aromatic carbocycles. The fourth-order valence-corrected chi connectivity index (χ4v) is 2.69. The third-order valence-electron chi connectivity index (χ3n) is 2.49. The van der Waals surface area contributed by atoms with Crippen LogP contribution in [0, 0.1) is 0 Å². The molecule has 0 fully saturated rings. The molecule has 1 aromatic heterocycles. The van der Waals surface area contributed by atoms with Gasteiger partial charge < -0.3 is 10.3 Å².